The van der Waals surface area contributed by atoms with Gasteiger partial charge in [-0.05, 0) is 6.42 Å². The zero-order valence-corrected chi connectivity index (χ0v) is 8.45. The Hall–Kier alpha value is -1.09. The van der Waals surface area contributed by atoms with Crippen molar-refractivity contribution in [2.24, 2.45) is 0 Å². The lowest BCUT2D eigenvalue weighted by atomic mass is 10.2. The van der Waals surface area contributed by atoms with E-state index in [-0.39, 0.29) is 11.9 Å². The van der Waals surface area contributed by atoms with Crippen molar-refractivity contribution in [3.05, 3.63) is 25.3 Å². The number of amides is 1. The first-order valence-electron chi connectivity index (χ1n) is 4.88. The van der Waals surface area contributed by atoms with Crippen LogP contribution < -0.4 is 0 Å². The van der Waals surface area contributed by atoms with Crippen molar-refractivity contribution < 1.29 is 9.53 Å². The molecular weight excluding hydrogens is 178 g/mol. The summed E-state index contributed by atoms with van der Waals surface area (Å²) in [5.41, 5.74) is 0. The normalized spacial score (nSPS) is 21.3. The van der Waals surface area contributed by atoms with Gasteiger partial charge in [0.15, 0.2) is 0 Å². The van der Waals surface area contributed by atoms with E-state index in [1.165, 1.54) is 0 Å². The van der Waals surface area contributed by atoms with Crippen LogP contribution >= 0.6 is 0 Å². The van der Waals surface area contributed by atoms with Crippen LogP contribution in [-0.4, -0.2) is 36.6 Å². The average Bonchev–Trinajstić information content (AvgIpc) is 2.51. The summed E-state index contributed by atoms with van der Waals surface area (Å²) in [6.07, 6.45) is 5.00. The summed E-state index contributed by atoms with van der Waals surface area (Å²) >= 11 is 0. The van der Waals surface area contributed by atoms with Crippen LogP contribution in [0.3, 0.4) is 0 Å². The van der Waals surface area contributed by atoms with Gasteiger partial charge in [0, 0.05) is 13.0 Å². The maximum absolute atomic E-state index is 11.4. The molecule has 1 aliphatic heterocycles. The number of rotatable bonds is 6. The van der Waals surface area contributed by atoms with Crippen LogP contribution in [0.2, 0.25) is 0 Å². The molecule has 78 valence electrons. The van der Waals surface area contributed by atoms with Crippen LogP contribution in [-0.2, 0) is 9.53 Å². The van der Waals surface area contributed by atoms with Gasteiger partial charge in [-0.1, -0.05) is 12.2 Å². The predicted molar refractivity (Wildman–Crippen MR) is 55.9 cm³/mol. The molecule has 1 atom stereocenters. The van der Waals surface area contributed by atoms with E-state index in [1.807, 2.05) is 4.90 Å². The van der Waals surface area contributed by atoms with E-state index >= 15 is 0 Å². The Bertz CT molecular complexity index is 225. The molecule has 1 aliphatic rings. The Morgan fingerprint density at radius 3 is 2.93 bits per heavy atom. The standard InChI is InChI=1S/C11H17NO2/c1-3-7-12-10(5-6-11(12)13)9-14-8-4-2/h3-4,10H,1-2,5-9H2. The molecule has 3 nitrogen and oxygen atoms in total. The van der Waals surface area contributed by atoms with Gasteiger partial charge < -0.3 is 9.64 Å². The van der Waals surface area contributed by atoms with E-state index in [0.29, 0.717) is 26.2 Å². The minimum Gasteiger partial charge on any atom is -0.375 e. The Balaban J connectivity index is 2.38. The maximum Gasteiger partial charge on any atom is 0.223 e. The van der Waals surface area contributed by atoms with Crippen LogP contribution in [0.25, 0.3) is 0 Å². The molecule has 0 aliphatic carbocycles. The zero-order chi connectivity index (χ0) is 10.4. The largest absolute Gasteiger partial charge is 0.375 e. The lowest BCUT2D eigenvalue weighted by Crippen LogP contribution is -2.36. The van der Waals surface area contributed by atoms with Gasteiger partial charge in [0.05, 0.1) is 19.3 Å². The molecule has 0 bridgehead atoms. The van der Waals surface area contributed by atoms with Crippen molar-refractivity contribution in [1.29, 1.82) is 0 Å². The summed E-state index contributed by atoms with van der Waals surface area (Å²) in [6.45, 7) is 8.99. The molecule has 0 aromatic rings. The summed E-state index contributed by atoms with van der Waals surface area (Å²) in [4.78, 5) is 13.2. The minimum absolute atomic E-state index is 0.206. The third-order valence-electron chi connectivity index (χ3n) is 2.32. The van der Waals surface area contributed by atoms with Crippen molar-refractivity contribution in [3.8, 4) is 0 Å². The Morgan fingerprint density at radius 2 is 2.29 bits per heavy atom. The fraction of sp³-hybridized carbons (Fsp3) is 0.545. The number of hydrogen-bond donors (Lipinski definition) is 0. The smallest absolute Gasteiger partial charge is 0.223 e. The lowest BCUT2D eigenvalue weighted by Gasteiger charge is -2.22. The van der Waals surface area contributed by atoms with E-state index in [0.717, 1.165) is 6.42 Å². The van der Waals surface area contributed by atoms with Gasteiger partial charge in [0.2, 0.25) is 5.91 Å². The highest BCUT2D eigenvalue weighted by molar-refractivity contribution is 5.78. The summed E-state index contributed by atoms with van der Waals surface area (Å²) in [5.74, 6) is 0.206. The predicted octanol–water partition coefficient (Wildman–Crippen LogP) is 1.37. The number of carbonyl (C=O) groups excluding carboxylic acids is 1. The number of ether oxygens (including phenoxy) is 1. The van der Waals surface area contributed by atoms with Gasteiger partial charge in [0.1, 0.15) is 0 Å². The van der Waals surface area contributed by atoms with E-state index < -0.39 is 0 Å². The van der Waals surface area contributed by atoms with Crippen molar-refractivity contribution in [1.82, 2.24) is 4.90 Å². The van der Waals surface area contributed by atoms with Gasteiger partial charge in [-0.3, -0.25) is 4.79 Å². The first-order valence-corrected chi connectivity index (χ1v) is 4.88. The molecule has 1 heterocycles. The molecule has 0 aromatic carbocycles. The quantitative estimate of drug-likeness (QED) is 0.473. The van der Waals surface area contributed by atoms with E-state index in [9.17, 15) is 4.79 Å². The van der Waals surface area contributed by atoms with E-state index in [4.69, 9.17) is 4.74 Å². The van der Waals surface area contributed by atoms with Gasteiger partial charge in [-0.2, -0.15) is 0 Å². The highest BCUT2D eigenvalue weighted by Crippen LogP contribution is 2.18. The van der Waals surface area contributed by atoms with Crippen molar-refractivity contribution in [3.63, 3.8) is 0 Å². The van der Waals surface area contributed by atoms with E-state index in [1.54, 1.807) is 12.2 Å². The first kappa shape index (κ1) is 11.0. The number of hydrogen-bond acceptors (Lipinski definition) is 2. The molecule has 1 saturated heterocycles. The summed E-state index contributed by atoms with van der Waals surface area (Å²) in [5, 5.41) is 0. The average molecular weight is 195 g/mol. The molecule has 0 N–H and O–H groups in total. The SMILES string of the molecule is C=CCOCC1CCC(=O)N1CC=C. The molecule has 1 amide bonds. The Labute approximate surface area is 85.0 Å². The second kappa shape index (κ2) is 5.60. The van der Waals surface area contributed by atoms with Gasteiger partial charge >= 0.3 is 0 Å². The molecule has 14 heavy (non-hydrogen) atoms. The van der Waals surface area contributed by atoms with Gasteiger partial charge in [-0.25, -0.2) is 0 Å². The summed E-state index contributed by atoms with van der Waals surface area (Å²) in [7, 11) is 0. The van der Waals surface area contributed by atoms with Crippen molar-refractivity contribution in [2.75, 3.05) is 19.8 Å². The molecule has 1 fully saturated rings. The molecule has 0 spiro atoms. The highest BCUT2D eigenvalue weighted by atomic mass is 16.5. The molecular formula is C11H17NO2. The lowest BCUT2D eigenvalue weighted by molar-refractivity contribution is -0.129. The highest BCUT2D eigenvalue weighted by Gasteiger charge is 2.29. The van der Waals surface area contributed by atoms with Crippen LogP contribution in [0.5, 0.6) is 0 Å². The maximum atomic E-state index is 11.4. The van der Waals surface area contributed by atoms with Gasteiger partial charge in [0.25, 0.3) is 0 Å². The minimum atomic E-state index is 0.206. The summed E-state index contributed by atoms with van der Waals surface area (Å²) < 4.78 is 5.35. The zero-order valence-electron chi connectivity index (χ0n) is 8.45. The monoisotopic (exact) mass is 195 g/mol. The number of nitrogens with zero attached hydrogens (tertiary/aromatic N) is 1. The van der Waals surface area contributed by atoms with Crippen molar-refractivity contribution in [2.45, 2.75) is 18.9 Å². The third kappa shape index (κ3) is 2.70. The fourth-order valence-electron chi connectivity index (χ4n) is 1.64. The third-order valence-corrected chi connectivity index (χ3v) is 2.32. The van der Waals surface area contributed by atoms with Crippen LogP contribution in [0.15, 0.2) is 25.3 Å². The summed E-state index contributed by atoms with van der Waals surface area (Å²) in [6, 6.07) is 0.223. The number of carbonyl (C=O) groups is 1. The second-order valence-corrected chi connectivity index (χ2v) is 3.35. The number of likely N-dealkylation sites (tertiary alicyclic amines) is 1. The molecule has 0 saturated carbocycles. The topological polar surface area (TPSA) is 29.5 Å². The van der Waals surface area contributed by atoms with Crippen LogP contribution in [0.4, 0.5) is 0 Å². The molecule has 0 aromatic heterocycles. The molecule has 0 radical (unpaired) electrons. The fourth-order valence-corrected chi connectivity index (χ4v) is 1.64. The second-order valence-electron chi connectivity index (χ2n) is 3.35. The Kier molecular flexibility index (Phi) is 4.40. The molecule has 3 heteroatoms. The van der Waals surface area contributed by atoms with Gasteiger partial charge in [-0.15, -0.1) is 13.2 Å². The molecule has 1 rings (SSSR count). The van der Waals surface area contributed by atoms with Crippen LogP contribution in [0, 0.1) is 0 Å². The van der Waals surface area contributed by atoms with Crippen LogP contribution in [0.1, 0.15) is 12.8 Å². The molecule has 1 unspecified atom stereocenters. The van der Waals surface area contributed by atoms with E-state index in [2.05, 4.69) is 13.2 Å². The Morgan fingerprint density at radius 1 is 1.50 bits per heavy atom. The van der Waals surface area contributed by atoms with Crippen molar-refractivity contribution >= 4 is 5.91 Å². The first-order chi connectivity index (χ1) is 6.79.